The Hall–Kier alpha value is -3.57. The second kappa shape index (κ2) is 11.5. The van der Waals surface area contributed by atoms with Crippen LogP contribution in [0, 0.1) is 13.8 Å². The maximum atomic E-state index is 4.60. The molecule has 4 nitrogen and oxygen atoms in total. The summed E-state index contributed by atoms with van der Waals surface area (Å²) in [6.07, 6.45) is 1.97. The van der Waals surface area contributed by atoms with Gasteiger partial charge in [0.05, 0.1) is 0 Å². The highest BCUT2D eigenvalue weighted by atomic mass is 15.1. The molecule has 34 heavy (non-hydrogen) atoms. The molecule has 0 unspecified atom stereocenters. The monoisotopic (exact) mass is 450 g/mol. The lowest BCUT2D eigenvalue weighted by atomic mass is 9.63. The largest absolute Gasteiger partial charge is 0.384 e. The van der Waals surface area contributed by atoms with E-state index in [1.54, 1.807) is 0 Å². The number of aryl methyl sites for hydroxylation is 1. The molecule has 0 aliphatic heterocycles. The van der Waals surface area contributed by atoms with Gasteiger partial charge in [0.1, 0.15) is 0 Å². The van der Waals surface area contributed by atoms with Crippen LogP contribution in [0.25, 0.3) is 22.5 Å². The van der Waals surface area contributed by atoms with Crippen LogP contribution in [0.5, 0.6) is 0 Å². The van der Waals surface area contributed by atoms with Gasteiger partial charge in [0, 0.05) is 36.4 Å². The van der Waals surface area contributed by atoms with E-state index in [9.17, 15) is 0 Å². The average molecular weight is 450 g/mol. The third-order valence-corrected chi connectivity index (χ3v) is 5.99. The van der Waals surface area contributed by atoms with Crippen molar-refractivity contribution in [3.8, 4) is 11.1 Å². The van der Waals surface area contributed by atoms with Crippen LogP contribution < -0.4 is 16.1 Å². The summed E-state index contributed by atoms with van der Waals surface area (Å²) in [4.78, 5) is 6.74. The van der Waals surface area contributed by atoms with Crippen LogP contribution in [0.15, 0.2) is 86.1 Å². The zero-order chi connectivity index (χ0) is 24.7. The van der Waals surface area contributed by atoms with Gasteiger partial charge in [-0.3, -0.25) is 4.98 Å². The van der Waals surface area contributed by atoms with Crippen molar-refractivity contribution in [3.63, 3.8) is 0 Å². The fourth-order valence-electron chi connectivity index (χ4n) is 3.80. The van der Waals surface area contributed by atoms with E-state index in [0.29, 0.717) is 7.28 Å². The number of likely N-dealkylation sites (N-methyl/N-ethyl adjacent to an activating group) is 1. The second-order valence-corrected chi connectivity index (χ2v) is 8.90. The minimum atomic E-state index is 0.698. The Morgan fingerprint density at radius 2 is 1.53 bits per heavy atom. The molecule has 0 atom stereocenters. The van der Waals surface area contributed by atoms with E-state index in [0.717, 1.165) is 58.0 Å². The number of rotatable bonds is 11. The predicted octanol–water partition coefficient (Wildman–Crippen LogP) is 4.28. The molecule has 0 radical (unpaired) electrons. The fraction of sp³-hybridized carbons (Fsp3) is 0.207. The molecule has 0 spiro atoms. The van der Waals surface area contributed by atoms with E-state index in [2.05, 4.69) is 110 Å². The molecular weight excluding hydrogens is 415 g/mol. The Balaban J connectivity index is 1.67. The third-order valence-electron chi connectivity index (χ3n) is 5.99. The van der Waals surface area contributed by atoms with E-state index in [1.165, 1.54) is 11.0 Å². The third kappa shape index (κ3) is 6.49. The number of benzene rings is 2. The Bertz CT molecular complexity index is 1160. The smallest absolute Gasteiger partial charge is 0.213 e. The van der Waals surface area contributed by atoms with E-state index in [1.807, 2.05) is 19.2 Å². The van der Waals surface area contributed by atoms with Gasteiger partial charge < -0.3 is 15.5 Å². The summed E-state index contributed by atoms with van der Waals surface area (Å²) in [7, 11) is 4.82. The molecule has 2 aromatic carbocycles. The summed E-state index contributed by atoms with van der Waals surface area (Å²) in [5, 5.41) is 6.79. The van der Waals surface area contributed by atoms with E-state index in [4.69, 9.17) is 0 Å². The number of aromatic nitrogens is 1. The average Bonchev–Trinajstić information content (AvgIpc) is 2.82. The molecule has 3 rings (SSSR count). The zero-order valence-corrected chi connectivity index (χ0v) is 20.9. The summed E-state index contributed by atoms with van der Waals surface area (Å²) in [6, 6.07) is 18.6. The number of nitrogens with one attached hydrogen (secondary N) is 2. The number of pyridine rings is 1. The summed E-state index contributed by atoms with van der Waals surface area (Å²) in [5.41, 5.74) is 10.5. The van der Waals surface area contributed by atoms with Crippen LogP contribution in [0.4, 0.5) is 0 Å². The highest BCUT2D eigenvalue weighted by Gasteiger charge is 2.14. The van der Waals surface area contributed by atoms with Crippen molar-refractivity contribution in [1.29, 1.82) is 0 Å². The first kappa shape index (κ1) is 25.1. The highest BCUT2D eigenvalue weighted by Crippen LogP contribution is 2.20. The van der Waals surface area contributed by atoms with Gasteiger partial charge in [0.15, 0.2) is 0 Å². The van der Waals surface area contributed by atoms with Gasteiger partial charge in [-0.1, -0.05) is 79.8 Å². The molecule has 174 valence electrons. The maximum Gasteiger partial charge on any atom is 0.213 e. The molecule has 2 N–H and O–H groups in total. The van der Waals surface area contributed by atoms with Gasteiger partial charge in [0.25, 0.3) is 0 Å². The van der Waals surface area contributed by atoms with Gasteiger partial charge in [-0.2, -0.15) is 0 Å². The van der Waals surface area contributed by atoms with Crippen molar-refractivity contribution in [2.24, 2.45) is 0 Å². The van der Waals surface area contributed by atoms with Crippen LogP contribution in [0.1, 0.15) is 22.4 Å². The molecule has 0 saturated carbocycles. The van der Waals surface area contributed by atoms with E-state index >= 15 is 0 Å². The molecule has 0 aliphatic rings. The summed E-state index contributed by atoms with van der Waals surface area (Å²) < 4.78 is 0. The Labute approximate surface area is 205 Å². The van der Waals surface area contributed by atoms with Crippen LogP contribution >= 0.6 is 0 Å². The standard InChI is InChI=1S/C29H35BN4/c1-20-21(2)32-19-28(27-11-9-8-10-12-27)29(20)30-24(5)33-23(4)26-15-13-25(14-16-26)22(3)31-17-18-34(6)7/h8-16,19,30-31,33H,3-5,17-18H2,1-2,6-7H3. The quantitative estimate of drug-likeness (QED) is 0.428. The van der Waals surface area contributed by atoms with E-state index < -0.39 is 0 Å². The molecule has 0 bridgehead atoms. The maximum absolute atomic E-state index is 4.60. The Morgan fingerprint density at radius 1 is 0.912 bits per heavy atom. The predicted molar refractivity (Wildman–Crippen MR) is 149 cm³/mol. The topological polar surface area (TPSA) is 40.2 Å². The van der Waals surface area contributed by atoms with Crippen LogP contribution in [-0.4, -0.2) is 44.3 Å². The van der Waals surface area contributed by atoms with Crippen LogP contribution in [-0.2, 0) is 0 Å². The van der Waals surface area contributed by atoms with Gasteiger partial charge >= 0.3 is 0 Å². The van der Waals surface area contributed by atoms with Gasteiger partial charge in [0.2, 0.25) is 7.28 Å². The molecule has 3 aromatic rings. The van der Waals surface area contributed by atoms with Gasteiger partial charge in [-0.25, -0.2) is 0 Å². The van der Waals surface area contributed by atoms with Crippen molar-refractivity contribution in [3.05, 3.63) is 109 Å². The number of hydrogen-bond acceptors (Lipinski definition) is 4. The lowest BCUT2D eigenvalue weighted by Crippen LogP contribution is -2.29. The number of hydrogen-bond donors (Lipinski definition) is 2. The van der Waals surface area contributed by atoms with Crippen LogP contribution in [0.3, 0.4) is 0 Å². The van der Waals surface area contributed by atoms with Crippen LogP contribution in [0.2, 0.25) is 0 Å². The van der Waals surface area contributed by atoms with Gasteiger partial charge in [-0.05, 0) is 61.4 Å². The Morgan fingerprint density at radius 3 is 2.15 bits per heavy atom. The van der Waals surface area contributed by atoms with Crippen molar-refractivity contribution >= 4 is 24.1 Å². The number of nitrogens with zero attached hydrogens (tertiary/aromatic N) is 2. The minimum Gasteiger partial charge on any atom is -0.384 e. The second-order valence-electron chi connectivity index (χ2n) is 8.90. The Kier molecular flexibility index (Phi) is 8.50. The summed E-state index contributed by atoms with van der Waals surface area (Å²) in [5.74, 6) is 0. The summed E-state index contributed by atoms with van der Waals surface area (Å²) in [6.45, 7) is 18.7. The SMILES string of the molecule is C=C(Bc1c(-c2ccccc2)cnc(C)c1C)NC(=C)c1ccc(C(=C)NCCN(C)C)cc1. The van der Waals surface area contributed by atoms with Crippen molar-refractivity contribution in [1.82, 2.24) is 20.5 Å². The molecular formula is C29H35BN4. The highest BCUT2D eigenvalue weighted by molar-refractivity contribution is 6.63. The lowest BCUT2D eigenvalue weighted by Gasteiger charge is -2.17. The molecule has 0 saturated heterocycles. The molecule has 1 aromatic heterocycles. The van der Waals surface area contributed by atoms with Crippen molar-refractivity contribution < 1.29 is 0 Å². The lowest BCUT2D eigenvalue weighted by molar-refractivity contribution is 0.411. The summed E-state index contributed by atoms with van der Waals surface area (Å²) >= 11 is 0. The van der Waals surface area contributed by atoms with E-state index in [-0.39, 0.29) is 0 Å². The molecule has 0 amide bonds. The first-order chi connectivity index (χ1) is 16.3. The fourth-order valence-corrected chi connectivity index (χ4v) is 3.80. The minimum absolute atomic E-state index is 0.698. The first-order valence-electron chi connectivity index (χ1n) is 11.6. The molecule has 5 heteroatoms. The normalized spacial score (nSPS) is 10.6. The molecule has 0 fully saturated rings. The molecule has 0 aliphatic carbocycles. The zero-order valence-electron chi connectivity index (χ0n) is 20.9. The first-order valence-corrected chi connectivity index (χ1v) is 11.6. The van der Waals surface area contributed by atoms with Crippen molar-refractivity contribution in [2.45, 2.75) is 13.8 Å². The molecule has 1 heterocycles. The van der Waals surface area contributed by atoms with Gasteiger partial charge in [-0.15, -0.1) is 0 Å². The van der Waals surface area contributed by atoms with Crippen molar-refractivity contribution in [2.75, 3.05) is 27.2 Å².